The zero-order valence-corrected chi connectivity index (χ0v) is 11.0. The molecule has 0 aliphatic rings. The first-order valence-corrected chi connectivity index (χ1v) is 6.12. The number of imidazole rings is 1. The summed E-state index contributed by atoms with van der Waals surface area (Å²) in [7, 11) is 0. The monoisotopic (exact) mass is 297 g/mol. The summed E-state index contributed by atoms with van der Waals surface area (Å²) >= 11 is 3.34. The van der Waals surface area contributed by atoms with Crippen LogP contribution in [0.15, 0.2) is 35.1 Å². The predicted octanol–water partition coefficient (Wildman–Crippen LogP) is 3.16. The average molecular weight is 298 g/mol. The molecule has 2 rings (SSSR count). The standard InChI is InChI=1S/C12H13BrFN3/c1-8(12-15-4-5-16-12)17-7-9-2-3-10(14)6-11(9)13/h2-6,8,17H,7H2,1H3,(H,15,16). The summed E-state index contributed by atoms with van der Waals surface area (Å²) in [5.41, 5.74) is 1.02. The smallest absolute Gasteiger partial charge is 0.124 e. The van der Waals surface area contributed by atoms with Gasteiger partial charge < -0.3 is 10.3 Å². The second-order valence-electron chi connectivity index (χ2n) is 3.81. The average Bonchev–Trinajstić information content (AvgIpc) is 2.81. The molecule has 2 N–H and O–H groups in total. The molecule has 0 saturated carbocycles. The number of halogens is 2. The minimum Gasteiger partial charge on any atom is -0.347 e. The highest BCUT2D eigenvalue weighted by atomic mass is 79.9. The third-order valence-electron chi connectivity index (χ3n) is 2.54. The summed E-state index contributed by atoms with van der Waals surface area (Å²) in [4.78, 5) is 7.23. The van der Waals surface area contributed by atoms with Crippen LogP contribution >= 0.6 is 15.9 Å². The number of aromatic nitrogens is 2. The highest BCUT2D eigenvalue weighted by Gasteiger charge is 2.08. The first kappa shape index (κ1) is 12.3. The van der Waals surface area contributed by atoms with Crippen molar-refractivity contribution in [2.24, 2.45) is 0 Å². The van der Waals surface area contributed by atoms with Crippen LogP contribution < -0.4 is 5.32 Å². The Bertz CT molecular complexity index is 485. The molecule has 17 heavy (non-hydrogen) atoms. The molecular formula is C12H13BrFN3. The van der Waals surface area contributed by atoms with Crippen LogP contribution in [0.4, 0.5) is 4.39 Å². The fraction of sp³-hybridized carbons (Fsp3) is 0.250. The molecule has 0 spiro atoms. The van der Waals surface area contributed by atoms with Crippen molar-refractivity contribution in [1.82, 2.24) is 15.3 Å². The molecule has 0 saturated heterocycles. The molecule has 1 aromatic heterocycles. The van der Waals surface area contributed by atoms with Gasteiger partial charge in [-0.1, -0.05) is 22.0 Å². The van der Waals surface area contributed by atoms with Gasteiger partial charge in [-0.15, -0.1) is 0 Å². The number of hydrogen-bond donors (Lipinski definition) is 2. The van der Waals surface area contributed by atoms with Crippen molar-refractivity contribution in [3.05, 3.63) is 52.3 Å². The molecule has 0 aliphatic carbocycles. The van der Waals surface area contributed by atoms with Crippen molar-refractivity contribution in [3.63, 3.8) is 0 Å². The van der Waals surface area contributed by atoms with Crippen molar-refractivity contribution in [1.29, 1.82) is 0 Å². The number of aromatic amines is 1. The van der Waals surface area contributed by atoms with Gasteiger partial charge in [0.1, 0.15) is 11.6 Å². The molecule has 90 valence electrons. The predicted molar refractivity (Wildman–Crippen MR) is 67.9 cm³/mol. The minimum atomic E-state index is -0.236. The first-order chi connectivity index (χ1) is 8.16. The summed E-state index contributed by atoms with van der Waals surface area (Å²) < 4.78 is 13.7. The number of nitrogens with one attached hydrogen (secondary N) is 2. The maximum Gasteiger partial charge on any atom is 0.124 e. The SMILES string of the molecule is CC(NCc1ccc(F)cc1Br)c1ncc[nH]1. The third-order valence-corrected chi connectivity index (χ3v) is 3.28. The van der Waals surface area contributed by atoms with Gasteiger partial charge in [-0.3, -0.25) is 0 Å². The quantitative estimate of drug-likeness (QED) is 0.910. The van der Waals surface area contributed by atoms with Crippen molar-refractivity contribution in [2.75, 3.05) is 0 Å². The van der Waals surface area contributed by atoms with E-state index in [1.165, 1.54) is 12.1 Å². The molecule has 1 atom stereocenters. The number of benzene rings is 1. The number of hydrogen-bond acceptors (Lipinski definition) is 2. The van der Waals surface area contributed by atoms with Gasteiger partial charge in [0.15, 0.2) is 0 Å². The Hall–Kier alpha value is -1.20. The summed E-state index contributed by atoms with van der Waals surface area (Å²) in [5.74, 6) is 0.656. The summed E-state index contributed by atoms with van der Waals surface area (Å²) in [6.07, 6.45) is 3.52. The minimum absolute atomic E-state index is 0.127. The molecule has 0 bridgehead atoms. The molecular weight excluding hydrogens is 285 g/mol. The highest BCUT2D eigenvalue weighted by molar-refractivity contribution is 9.10. The molecule has 5 heteroatoms. The highest BCUT2D eigenvalue weighted by Crippen LogP contribution is 2.18. The van der Waals surface area contributed by atoms with Crippen LogP contribution in [-0.2, 0) is 6.54 Å². The number of rotatable bonds is 4. The van der Waals surface area contributed by atoms with Gasteiger partial charge in [0, 0.05) is 23.4 Å². The zero-order valence-electron chi connectivity index (χ0n) is 9.37. The summed E-state index contributed by atoms with van der Waals surface area (Å²) in [5, 5.41) is 3.32. The van der Waals surface area contributed by atoms with E-state index in [0.717, 1.165) is 15.9 Å². The van der Waals surface area contributed by atoms with Crippen LogP contribution in [0, 0.1) is 5.82 Å². The van der Waals surface area contributed by atoms with Crippen molar-refractivity contribution >= 4 is 15.9 Å². The van der Waals surface area contributed by atoms with Crippen LogP contribution in [0.1, 0.15) is 24.4 Å². The molecule has 1 aromatic carbocycles. The van der Waals surface area contributed by atoms with Crippen LogP contribution in [0.5, 0.6) is 0 Å². The molecule has 0 amide bonds. The second-order valence-corrected chi connectivity index (χ2v) is 4.67. The van der Waals surface area contributed by atoms with Crippen molar-refractivity contribution in [3.8, 4) is 0 Å². The van der Waals surface area contributed by atoms with Gasteiger partial charge >= 0.3 is 0 Å². The van der Waals surface area contributed by atoms with E-state index < -0.39 is 0 Å². The van der Waals surface area contributed by atoms with Crippen LogP contribution in [0.25, 0.3) is 0 Å². The third kappa shape index (κ3) is 3.14. The fourth-order valence-electron chi connectivity index (χ4n) is 1.54. The topological polar surface area (TPSA) is 40.7 Å². The molecule has 2 aromatic rings. The largest absolute Gasteiger partial charge is 0.347 e. The zero-order chi connectivity index (χ0) is 12.3. The van der Waals surface area contributed by atoms with E-state index in [2.05, 4.69) is 31.2 Å². The Morgan fingerprint density at radius 3 is 3.00 bits per heavy atom. The maximum atomic E-state index is 12.9. The van der Waals surface area contributed by atoms with E-state index in [-0.39, 0.29) is 11.9 Å². The lowest BCUT2D eigenvalue weighted by atomic mass is 10.2. The Balaban J connectivity index is 1.98. The molecule has 0 fully saturated rings. The van der Waals surface area contributed by atoms with E-state index in [4.69, 9.17) is 0 Å². The van der Waals surface area contributed by atoms with E-state index >= 15 is 0 Å². The van der Waals surface area contributed by atoms with Crippen LogP contribution in [0.3, 0.4) is 0 Å². The Morgan fingerprint density at radius 1 is 1.53 bits per heavy atom. The Labute approximate surface area is 108 Å². The van der Waals surface area contributed by atoms with Crippen LogP contribution in [-0.4, -0.2) is 9.97 Å². The summed E-state index contributed by atoms with van der Waals surface area (Å²) in [6.45, 7) is 2.68. The number of nitrogens with zero attached hydrogens (tertiary/aromatic N) is 1. The summed E-state index contributed by atoms with van der Waals surface area (Å²) in [6, 6.07) is 4.82. The van der Waals surface area contributed by atoms with Gasteiger partial charge in [0.25, 0.3) is 0 Å². The van der Waals surface area contributed by atoms with Gasteiger partial charge in [-0.2, -0.15) is 0 Å². The number of H-pyrrole nitrogens is 1. The van der Waals surface area contributed by atoms with Gasteiger partial charge in [-0.25, -0.2) is 9.37 Å². The molecule has 0 radical (unpaired) electrons. The van der Waals surface area contributed by atoms with E-state index in [1.54, 1.807) is 18.5 Å². The second kappa shape index (κ2) is 5.42. The van der Waals surface area contributed by atoms with E-state index in [0.29, 0.717) is 6.54 Å². The molecule has 1 unspecified atom stereocenters. The lowest BCUT2D eigenvalue weighted by Crippen LogP contribution is -2.19. The molecule has 0 aliphatic heterocycles. The lowest BCUT2D eigenvalue weighted by molar-refractivity contribution is 0.549. The fourth-order valence-corrected chi connectivity index (χ4v) is 2.03. The molecule has 1 heterocycles. The first-order valence-electron chi connectivity index (χ1n) is 5.33. The van der Waals surface area contributed by atoms with E-state index in [1.807, 2.05) is 6.92 Å². The van der Waals surface area contributed by atoms with Crippen molar-refractivity contribution < 1.29 is 4.39 Å². The van der Waals surface area contributed by atoms with Gasteiger partial charge in [0.05, 0.1) is 6.04 Å². The maximum absolute atomic E-state index is 12.9. The van der Waals surface area contributed by atoms with Gasteiger partial charge in [-0.05, 0) is 24.6 Å². The Kier molecular flexibility index (Phi) is 3.91. The van der Waals surface area contributed by atoms with Crippen molar-refractivity contribution in [2.45, 2.75) is 19.5 Å². The normalized spacial score (nSPS) is 12.6. The molecule has 3 nitrogen and oxygen atoms in total. The Morgan fingerprint density at radius 2 is 2.35 bits per heavy atom. The van der Waals surface area contributed by atoms with E-state index in [9.17, 15) is 4.39 Å². The van der Waals surface area contributed by atoms with Gasteiger partial charge in [0.2, 0.25) is 0 Å². The van der Waals surface area contributed by atoms with Crippen LogP contribution in [0.2, 0.25) is 0 Å². The lowest BCUT2D eigenvalue weighted by Gasteiger charge is -2.12.